The molecule has 4 aliphatic rings. The van der Waals surface area contributed by atoms with Gasteiger partial charge in [0.2, 0.25) is 5.91 Å². The molecular formula is C26H29N3O3. The Kier molecular flexibility index (Phi) is 5.24. The molecule has 2 amide bonds. The minimum absolute atomic E-state index is 0.116. The van der Waals surface area contributed by atoms with Crippen LogP contribution in [0.5, 0.6) is 5.75 Å². The second kappa shape index (κ2) is 8.08. The molecule has 0 bridgehead atoms. The summed E-state index contributed by atoms with van der Waals surface area (Å²) in [4.78, 5) is 31.8. The van der Waals surface area contributed by atoms with Crippen LogP contribution >= 0.6 is 0 Å². The average Bonchev–Trinajstić information content (AvgIpc) is 3.74. The number of carbonyl (C=O) groups is 2. The Bertz CT molecular complexity index is 1040. The highest BCUT2D eigenvalue weighted by molar-refractivity contribution is 6.16. The van der Waals surface area contributed by atoms with Crippen molar-refractivity contribution in [2.45, 2.75) is 44.1 Å². The van der Waals surface area contributed by atoms with Crippen molar-refractivity contribution in [1.82, 2.24) is 9.80 Å². The van der Waals surface area contributed by atoms with Crippen molar-refractivity contribution in [2.24, 2.45) is 10.9 Å². The zero-order valence-electron chi connectivity index (χ0n) is 18.5. The van der Waals surface area contributed by atoms with E-state index in [0.717, 1.165) is 61.3 Å². The lowest BCUT2D eigenvalue weighted by atomic mass is 10.0. The van der Waals surface area contributed by atoms with Gasteiger partial charge in [0.05, 0.1) is 0 Å². The molecule has 0 radical (unpaired) electrons. The number of phenolic OH excluding ortho intramolecular Hbond substituents is 1. The zero-order chi connectivity index (χ0) is 22.3. The monoisotopic (exact) mass is 431 g/mol. The van der Waals surface area contributed by atoms with Crippen molar-refractivity contribution in [3.8, 4) is 16.9 Å². The lowest BCUT2D eigenvalue weighted by Gasteiger charge is -2.13. The quantitative estimate of drug-likeness (QED) is 0.803. The molecule has 2 aliphatic carbocycles. The van der Waals surface area contributed by atoms with Gasteiger partial charge in [-0.15, -0.1) is 0 Å². The molecule has 6 heteroatoms. The van der Waals surface area contributed by atoms with E-state index in [0.29, 0.717) is 11.8 Å². The van der Waals surface area contributed by atoms with Gasteiger partial charge in [-0.3, -0.25) is 19.5 Å². The lowest BCUT2D eigenvalue weighted by molar-refractivity contribution is -0.131. The summed E-state index contributed by atoms with van der Waals surface area (Å²) in [5, 5.41) is 9.35. The predicted molar refractivity (Wildman–Crippen MR) is 123 cm³/mol. The number of hydrogen-bond acceptors (Lipinski definition) is 4. The van der Waals surface area contributed by atoms with Gasteiger partial charge < -0.3 is 10.0 Å². The summed E-state index contributed by atoms with van der Waals surface area (Å²) in [6, 6.07) is 15.1. The van der Waals surface area contributed by atoms with Crippen LogP contribution in [-0.4, -0.2) is 58.2 Å². The van der Waals surface area contributed by atoms with Gasteiger partial charge in [-0.1, -0.05) is 36.4 Å². The van der Waals surface area contributed by atoms with E-state index in [1.165, 1.54) is 12.8 Å². The first-order valence-electron chi connectivity index (χ1n) is 11.5. The van der Waals surface area contributed by atoms with Crippen molar-refractivity contribution >= 4 is 17.6 Å². The molecular weight excluding hydrogens is 402 g/mol. The SMILES string of the molecule is CN1C(=O)C2(CC2)N=C1c1ccc(-c2ccc(O)cc2)cc1.O=C(C1CC1)N1CCCC1. The molecule has 1 spiro atoms. The number of rotatable bonds is 3. The highest BCUT2D eigenvalue weighted by atomic mass is 16.3. The highest BCUT2D eigenvalue weighted by Gasteiger charge is 2.56. The Balaban J connectivity index is 0.000000180. The first-order valence-corrected chi connectivity index (χ1v) is 11.5. The molecule has 6 rings (SSSR count). The number of amidine groups is 1. The summed E-state index contributed by atoms with van der Waals surface area (Å²) >= 11 is 0. The predicted octanol–water partition coefficient (Wildman–Crippen LogP) is 3.83. The maximum absolute atomic E-state index is 12.2. The van der Waals surface area contributed by atoms with Crippen LogP contribution in [0, 0.1) is 5.92 Å². The molecule has 0 aromatic heterocycles. The standard InChI is InChI=1S/C18H16N2O2.C8H13NO/c1-20-16(19-18(10-11-18)17(20)22)14-4-2-12(3-5-14)13-6-8-15(21)9-7-13;10-8(7-3-4-7)9-5-1-2-6-9/h2-9,21H,10-11H2,1H3;7H,1-6H2. The van der Waals surface area contributed by atoms with Crippen LogP contribution in [0.4, 0.5) is 0 Å². The van der Waals surface area contributed by atoms with Crippen LogP contribution in [0.25, 0.3) is 11.1 Å². The molecule has 0 atom stereocenters. The van der Waals surface area contributed by atoms with Gasteiger partial charge in [0.25, 0.3) is 5.91 Å². The molecule has 1 N–H and O–H groups in total. The largest absolute Gasteiger partial charge is 0.508 e. The van der Waals surface area contributed by atoms with E-state index in [1.54, 1.807) is 24.1 Å². The van der Waals surface area contributed by atoms with Crippen LogP contribution in [0.2, 0.25) is 0 Å². The molecule has 32 heavy (non-hydrogen) atoms. The van der Waals surface area contributed by atoms with E-state index in [2.05, 4.69) is 4.99 Å². The molecule has 166 valence electrons. The minimum Gasteiger partial charge on any atom is -0.508 e. The fourth-order valence-corrected chi connectivity index (χ4v) is 4.43. The Morgan fingerprint density at radius 3 is 1.97 bits per heavy atom. The molecule has 0 unspecified atom stereocenters. The third-order valence-corrected chi connectivity index (χ3v) is 6.75. The fraction of sp³-hybridized carbons (Fsp3) is 0.423. The van der Waals surface area contributed by atoms with Crippen molar-refractivity contribution in [3.63, 3.8) is 0 Å². The van der Waals surface area contributed by atoms with Crippen LogP contribution in [0.3, 0.4) is 0 Å². The van der Waals surface area contributed by atoms with E-state index in [4.69, 9.17) is 0 Å². The number of aromatic hydroxyl groups is 1. The Morgan fingerprint density at radius 2 is 1.47 bits per heavy atom. The summed E-state index contributed by atoms with van der Waals surface area (Å²) in [5.41, 5.74) is 2.63. The van der Waals surface area contributed by atoms with E-state index < -0.39 is 5.54 Å². The normalized spacial score (nSPS) is 20.8. The summed E-state index contributed by atoms with van der Waals surface area (Å²) in [5.74, 6) is 2.00. The summed E-state index contributed by atoms with van der Waals surface area (Å²) in [7, 11) is 1.79. The Labute approximate surface area is 188 Å². The number of likely N-dealkylation sites (N-methyl/N-ethyl adjacent to an activating group) is 1. The molecule has 6 nitrogen and oxygen atoms in total. The van der Waals surface area contributed by atoms with Gasteiger partial charge in [0.1, 0.15) is 17.1 Å². The molecule has 2 saturated carbocycles. The van der Waals surface area contributed by atoms with Crippen LogP contribution in [0.15, 0.2) is 53.5 Å². The topological polar surface area (TPSA) is 73.2 Å². The smallest absolute Gasteiger partial charge is 0.255 e. The third-order valence-electron chi connectivity index (χ3n) is 6.75. The molecule has 1 saturated heterocycles. The Hall–Kier alpha value is -3.15. The van der Waals surface area contributed by atoms with Gasteiger partial charge in [0.15, 0.2) is 0 Å². The maximum atomic E-state index is 12.2. The fourth-order valence-electron chi connectivity index (χ4n) is 4.43. The third kappa shape index (κ3) is 4.01. The second-order valence-electron chi connectivity index (χ2n) is 9.26. The number of hydrogen-bond donors (Lipinski definition) is 1. The van der Waals surface area contributed by atoms with Gasteiger partial charge >= 0.3 is 0 Å². The van der Waals surface area contributed by atoms with Gasteiger partial charge in [-0.05, 0) is 61.8 Å². The van der Waals surface area contributed by atoms with Gasteiger partial charge in [-0.2, -0.15) is 0 Å². The van der Waals surface area contributed by atoms with Crippen molar-refractivity contribution in [3.05, 3.63) is 54.1 Å². The molecule has 2 aliphatic heterocycles. The highest BCUT2D eigenvalue weighted by Crippen LogP contribution is 2.45. The summed E-state index contributed by atoms with van der Waals surface area (Å²) in [6.45, 7) is 2.05. The van der Waals surface area contributed by atoms with Gasteiger partial charge in [-0.25, -0.2) is 0 Å². The van der Waals surface area contributed by atoms with Crippen molar-refractivity contribution < 1.29 is 14.7 Å². The zero-order valence-corrected chi connectivity index (χ0v) is 18.5. The number of amides is 2. The summed E-state index contributed by atoms with van der Waals surface area (Å²) < 4.78 is 0. The lowest BCUT2D eigenvalue weighted by Crippen LogP contribution is -2.32. The Morgan fingerprint density at radius 1 is 0.938 bits per heavy atom. The molecule has 2 aromatic rings. The van der Waals surface area contributed by atoms with Crippen LogP contribution < -0.4 is 0 Å². The number of benzene rings is 2. The molecule has 2 aromatic carbocycles. The first kappa shape index (κ1) is 20.7. The van der Waals surface area contributed by atoms with Crippen molar-refractivity contribution in [2.75, 3.05) is 20.1 Å². The second-order valence-corrected chi connectivity index (χ2v) is 9.26. The first-order chi connectivity index (χ1) is 15.5. The number of aliphatic imine (C=N–C) groups is 1. The average molecular weight is 432 g/mol. The van der Waals surface area contributed by atoms with Crippen LogP contribution in [0.1, 0.15) is 44.1 Å². The number of nitrogens with zero attached hydrogens (tertiary/aromatic N) is 3. The van der Waals surface area contributed by atoms with Gasteiger partial charge in [0, 0.05) is 31.6 Å². The van der Waals surface area contributed by atoms with Crippen molar-refractivity contribution in [1.29, 1.82) is 0 Å². The van der Waals surface area contributed by atoms with E-state index >= 15 is 0 Å². The molecule has 3 fully saturated rings. The molecule has 2 heterocycles. The van der Waals surface area contributed by atoms with E-state index in [1.807, 2.05) is 41.3 Å². The number of phenols is 1. The summed E-state index contributed by atoms with van der Waals surface area (Å²) in [6.07, 6.45) is 6.47. The minimum atomic E-state index is -0.445. The van der Waals surface area contributed by atoms with E-state index in [-0.39, 0.29) is 11.7 Å². The number of carbonyl (C=O) groups excluding carboxylic acids is 2. The van der Waals surface area contributed by atoms with Crippen LogP contribution in [-0.2, 0) is 9.59 Å². The maximum Gasteiger partial charge on any atom is 0.255 e. The number of likely N-dealkylation sites (tertiary alicyclic amines) is 1. The van der Waals surface area contributed by atoms with E-state index in [9.17, 15) is 14.7 Å².